The average molecular weight is 272 g/mol. The molecule has 1 aliphatic heterocycles. The molecule has 0 saturated carbocycles. The first-order valence-corrected chi connectivity index (χ1v) is 7.71. The number of rotatable bonds is 5. The molecule has 108 valence electrons. The summed E-state index contributed by atoms with van der Waals surface area (Å²) in [4.78, 5) is 0. The summed E-state index contributed by atoms with van der Waals surface area (Å²) in [6.45, 7) is 5.46. The SMILES string of the molecule is CCCCC#Cc1c(CCCC)cc(O)c2c1COC2. The van der Waals surface area contributed by atoms with Crippen molar-refractivity contribution in [1.82, 2.24) is 0 Å². The van der Waals surface area contributed by atoms with E-state index in [0.29, 0.717) is 19.0 Å². The van der Waals surface area contributed by atoms with Gasteiger partial charge in [-0.2, -0.15) is 0 Å². The Kier molecular flexibility index (Phi) is 5.49. The standard InChI is InChI=1S/C18H24O2/c1-3-5-7-8-10-15-14(9-6-4-2)11-18(19)17-13-20-12-16(15)17/h11,19H,3-7,9,12-13H2,1-2H3. The highest BCUT2D eigenvalue weighted by Crippen LogP contribution is 2.34. The Morgan fingerprint density at radius 1 is 1.15 bits per heavy atom. The average Bonchev–Trinajstić information content (AvgIpc) is 2.93. The van der Waals surface area contributed by atoms with Crippen LogP contribution >= 0.6 is 0 Å². The van der Waals surface area contributed by atoms with Crippen LogP contribution in [0, 0.1) is 11.8 Å². The Morgan fingerprint density at radius 2 is 1.90 bits per heavy atom. The second-order valence-electron chi connectivity index (χ2n) is 5.39. The topological polar surface area (TPSA) is 29.5 Å². The van der Waals surface area contributed by atoms with Crippen molar-refractivity contribution in [2.75, 3.05) is 0 Å². The summed E-state index contributed by atoms with van der Waals surface area (Å²) in [6, 6.07) is 1.90. The summed E-state index contributed by atoms with van der Waals surface area (Å²) in [5, 5.41) is 10.1. The van der Waals surface area contributed by atoms with Crippen LogP contribution in [-0.4, -0.2) is 5.11 Å². The van der Waals surface area contributed by atoms with E-state index in [2.05, 4.69) is 25.7 Å². The number of phenolic OH excluding ortho intramolecular Hbond substituents is 1. The minimum atomic E-state index is 0.378. The largest absolute Gasteiger partial charge is 0.508 e. The Morgan fingerprint density at radius 3 is 2.65 bits per heavy atom. The molecule has 2 heteroatoms. The van der Waals surface area contributed by atoms with Crippen molar-refractivity contribution in [1.29, 1.82) is 0 Å². The Bertz CT molecular complexity index is 520. The molecule has 0 bridgehead atoms. The summed E-state index contributed by atoms with van der Waals surface area (Å²) in [5.74, 6) is 7.00. The summed E-state index contributed by atoms with van der Waals surface area (Å²) >= 11 is 0. The number of hydrogen-bond donors (Lipinski definition) is 1. The van der Waals surface area contributed by atoms with Gasteiger partial charge in [0.15, 0.2) is 0 Å². The van der Waals surface area contributed by atoms with E-state index >= 15 is 0 Å². The minimum Gasteiger partial charge on any atom is -0.508 e. The van der Waals surface area contributed by atoms with Gasteiger partial charge in [-0.1, -0.05) is 38.5 Å². The van der Waals surface area contributed by atoms with Crippen LogP contribution in [0.5, 0.6) is 5.75 Å². The number of benzene rings is 1. The van der Waals surface area contributed by atoms with E-state index in [1.165, 1.54) is 12.0 Å². The van der Waals surface area contributed by atoms with Crippen LogP contribution in [0.4, 0.5) is 0 Å². The minimum absolute atomic E-state index is 0.378. The Labute approximate surface area is 122 Å². The normalized spacial score (nSPS) is 12.9. The highest BCUT2D eigenvalue weighted by Gasteiger charge is 2.21. The van der Waals surface area contributed by atoms with E-state index in [4.69, 9.17) is 4.74 Å². The third-order valence-electron chi connectivity index (χ3n) is 3.77. The second-order valence-corrected chi connectivity index (χ2v) is 5.39. The Hall–Kier alpha value is -1.46. The van der Waals surface area contributed by atoms with E-state index in [9.17, 15) is 5.11 Å². The quantitative estimate of drug-likeness (QED) is 0.639. The van der Waals surface area contributed by atoms with Crippen LogP contribution in [0.25, 0.3) is 0 Å². The van der Waals surface area contributed by atoms with Crippen molar-refractivity contribution < 1.29 is 9.84 Å². The number of aromatic hydroxyl groups is 1. The van der Waals surface area contributed by atoms with E-state index < -0.39 is 0 Å². The fraction of sp³-hybridized carbons (Fsp3) is 0.556. The number of unbranched alkanes of at least 4 members (excludes halogenated alkanes) is 3. The molecule has 1 aromatic carbocycles. The molecule has 0 atom stereocenters. The zero-order valence-electron chi connectivity index (χ0n) is 12.6. The molecule has 0 saturated heterocycles. The van der Waals surface area contributed by atoms with E-state index in [-0.39, 0.29) is 0 Å². The number of hydrogen-bond acceptors (Lipinski definition) is 2. The van der Waals surface area contributed by atoms with Gasteiger partial charge in [-0.25, -0.2) is 0 Å². The maximum absolute atomic E-state index is 10.1. The second kappa shape index (κ2) is 7.36. The van der Waals surface area contributed by atoms with Crippen LogP contribution in [0.2, 0.25) is 0 Å². The first kappa shape index (κ1) is 14.9. The summed E-state index contributed by atoms with van der Waals surface area (Å²) in [6.07, 6.45) is 6.53. The molecule has 2 rings (SSSR count). The monoisotopic (exact) mass is 272 g/mol. The lowest BCUT2D eigenvalue weighted by atomic mass is 9.94. The number of phenols is 1. The van der Waals surface area contributed by atoms with E-state index in [0.717, 1.165) is 48.8 Å². The molecule has 1 heterocycles. The van der Waals surface area contributed by atoms with Gasteiger partial charge in [0.25, 0.3) is 0 Å². The molecule has 0 radical (unpaired) electrons. The number of fused-ring (bicyclic) bond motifs is 1. The molecule has 1 aliphatic rings. The fourth-order valence-electron chi connectivity index (χ4n) is 2.54. The third-order valence-corrected chi connectivity index (χ3v) is 3.77. The van der Waals surface area contributed by atoms with Crippen LogP contribution < -0.4 is 0 Å². The molecule has 1 N–H and O–H groups in total. The summed E-state index contributed by atoms with van der Waals surface area (Å²) in [7, 11) is 0. The first-order valence-electron chi connectivity index (χ1n) is 7.71. The third kappa shape index (κ3) is 3.35. The van der Waals surface area contributed by atoms with Crippen LogP contribution in [-0.2, 0) is 24.4 Å². The van der Waals surface area contributed by atoms with Crippen LogP contribution in [0.15, 0.2) is 6.07 Å². The van der Waals surface area contributed by atoms with E-state index in [1.807, 2.05) is 6.07 Å². The van der Waals surface area contributed by atoms with Crippen molar-refractivity contribution in [3.05, 3.63) is 28.3 Å². The van der Waals surface area contributed by atoms with Crippen LogP contribution in [0.1, 0.15) is 68.2 Å². The van der Waals surface area contributed by atoms with Gasteiger partial charge < -0.3 is 9.84 Å². The molecule has 0 aliphatic carbocycles. The van der Waals surface area contributed by atoms with E-state index in [1.54, 1.807) is 0 Å². The van der Waals surface area contributed by atoms with Crippen molar-refractivity contribution >= 4 is 0 Å². The lowest BCUT2D eigenvalue weighted by Gasteiger charge is -2.10. The van der Waals surface area contributed by atoms with Gasteiger partial charge in [0.1, 0.15) is 5.75 Å². The van der Waals surface area contributed by atoms with Crippen LogP contribution in [0.3, 0.4) is 0 Å². The van der Waals surface area contributed by atoms with Crippen molar-refractivity contribution in [2.24, 2.45) is 0 Å². The number of ether oxygens (including phenoxy) is 1. The van der Waals surface area contributed by atoms with Gasteiger partial charge in [-0.3, -0.25) is 0 Å². The van der Waals surface area contributed by atoms with Gasteiger partial charge in [-0.05, 0) is 30.9 Å². The molecule has 20 heavy (non-hydrogen) atoms. The van der Waals surface area contributed by atoms with Gasteiger partial charge in [-0.15, -0.1) is 0 Å². The maximum atomic E-state index is 10.1. The molecule has 0 amide bonds. The van der Waals surface area contributed by atoms with Crippen molar-refractivity contribution in [3.63, 3.8) is 0 Å². The molecule has 1 aromatic rings. The van der Waals surface area contributed by atoms with Crippen molar-refractivity contribution in [3.8, 4) is 17.6 Å². The zero-order valence-corrected chi connectivity index (χ0v) is 12.6. The molecule has 0 fully saturated rings. The molecular formula is C18H24O2. The number of aryl methyl sites for hydroxylation is 1. The summed E-state index contributed by atoms with van der Waals surface area (Å²) < 4.78 is 5.50. The summed E-state index contributed by atoms with van der Waals surface area (Å²) in [5.41, 5.74) is 4.34. The lowest BCUT2D eigenvalue weighted by Crippen LogP contribution is -1.98. The highest BCUT2D eigenvalue weighted by molar-refractivity contribution is 5.56. The van der Waals surface area contributed by atoms with Gasteiger partial charge in [0.2, 0.25) is 0 Å². The molecule has 2 nitrogen and oxygen atoms in total. The predicted octanol–water partition coefficient (Wildman–Crippen LogP) is 4.31. The van der Waals surface area contributed by atoms with Gasteiger partial charge in [0.05, 0.1) is 13.2 Å². The molecular weight excluding hydrogens is 248 g/mol. The molecule has 0 unspecified atom stereocenters. The lowest BCUT2D eigenvalue weighted by molar-refractivity contribution is 0.133. The van der Waals surface area contributed by atoms with Crippen molar-refractivity contribution in [2.45, 2.75) is 65.6 Å². The smallest absolute Gasteiger partial charge is 0.121 e. The molecule has 0 aromatic heterocycles. The van der Waals surface area contributed by atoms with Gasteiger partial charge >= 0.3 is 0 Å². The zero-order chi connectivity index (χ0) is 14.4. The highest BCUT2D eigenvalue weighted by atomic mass is 16.5. The maximum Gasteiger partial charge on any atom is 0.121 e. The molecule has 0 spiro atoms. The Balaban J connectivity index is 2.34. The fourth-order valence-corrected chi connectivity index (χ4v) is 2.54. The first-order chi connectivity index (χ1) is 9.77. The van der Waals surface area contributed by atoms with Gasteiger partial charge in [0, 0.05) is 23.1 Å². The predicted molar refractivity (Wildman–Crippen MR) is 81.6 cm³/mol.